The maximum atomic E-state index is 14.0. The van der Waals surface area contributed by atoms with Crippen molar-refractivity contribution in [1.29, 1.82) is 0 Å². The van der Waals surface area contributed by atoms with E-state index >= 15 is 0 Å². The number of aromatic nitrogens is 2. The molecule has 4 rings (SSSR count). The summed E-state index contributed by atoms with van der Waals surface area (Å²) in [6, 6.07) is 17.3. The van der Waals surface area contributed by atoms with Crippen LogP contribution >= 0.6 is 0 Å². The van der Waals surface area contributed by atoms with Gasteiger partial charge in [-0.15, -0.1) is 0 Å². The molecule has 0 spiro atoms. The summed E-state index contributed by atoms with van der Waals surface area (Å²) in [6.07, 6.45) is 4.25. The van der Waals surface area contributed by atoms with Crippen LogP contribution in [0.4, 0.5) is 4.39 Å². The van der Waals surface area contributed by atoms with Crippen molar-refractivity contribution in [3.63, 3.8) is 0 Å². The van der Waals surface area contributed by atoms with E-state index in [0.29, 0.717) is 53.5 Å². The average molecular weight is 501 g/mol. The molecule has 190 valence electrons. The van der Waals surface area contributed by atoms with E-state index in [1.807, 2.05) is 19.1 Å². The van der Waals surface area contributed by atoms with Gasteiger partial charge in [0.15, 0.2) is 0 Å². The summed E-state index contributed by atoms with van der Waals surface area (Å²) in [5.74, 6) is 0.582. The third kappa shape index (κ3) is 7.11. The Hall–Kier alpha value is -4.30. The SMILES string of the molecule is Cc1ccc(F)c(CC(=O)Cc2ccc(Oc3ccnc(-c4cc(C(=O)NCCCN)c[nH]4)c3)cc2)c1. The molecule has 0 aliphatic rings. The van der Waals surface area contributed by atoms with Crippen LogP contribution < -0.4 is 15.8 Å². The number of nitrogens with zero attached hydrogens (tertiary/aromatic N) is 1. The number of aromatic amines is 1. The number of benzene rings is 2. The average Bonchev–Trinajstić information content (AvgIpc) is 3.38. The van der Waals surface area contributed by atoms with Gasteiger partial charge in [-0.1, -0.05) is 29.8 Å². The van der Waals surface area contributed by atoms with Gasteiger partial charge in [-0.05, 0) is 61.3 Å². The third-order valence-corrected chi connectivity index (χ3v) is 5.77. The molecule has 37 heavy (non-hydrogen) atoms. The number of H-pyrrole nitrogens is 1. The van der Waals surface area contributed by atoms with Crippen molar-refractivity contribution in [1.82, 2.24) is 15.3 Å². The molecule has 1 amide bonds. The first kappa shape index (κ1) is 25.8. The number of halogens is 1. The first-order valence-corrected chi connectivity index (χ1v) is 12.1. The van der Waals surface area contributed by atoms with Gasteiger partial charge in [0, 0.05) is 37.8 Å². The summed E-state index contributed by atoms with van der Waals surface area (Å²) >= 11 is 0. The number of ketones is 1. The minimum absolute atomic E-state index is 0.0569. The Morgan fingerprint density at radius 3 is 2.62 bits per heavy atom. The number of nitrogens with one attached hydrogen (secondary N) is 2. The van der Waals surface area contributed by atoms with Gasteiger partial charge >= 0.3 is 0 Å². The van der Waals surface area contributed by atoms with Gasteiger partial charge in [0.25, 0.3) is 5.91 Å². The number of amides is 1. The van der Waals surface area contributed by atoms with Gasteiger partial charge in [-0.3, -0.25) is 14.6 Å². The van der Waals surface area contributed by atoms with Gasteiger partial charge < -0.3 is 20.8 Å². The van der Waals surface area contributed by atoms with Gasteiger partial charge in [0.1, 0.15) is 23.1 Å². The van der Waals surface area contributed by atoms with Crippen LogP contribution in [-0.2, 0) is 17.6 Å². The molecule has 2 aromatic carbocycles. The quantitative estimate of drug-likeness (QED) is 0.258. The summed E-state index contributed by atoms with van der Waals surface area (Å²) in [6.45, 7) is 2.92. The summed E-state index contributed by atoms with van der Waals surface area (Å²) in [7, 11) is 0. The van der Waals surface area contributed by atoms with Gasteiger partial charge in [0.05, 0.1) is 17.0 Å². The fourth-order valence-electron chi connectivity index (χ4n) is 3.85. The fourth-order valence-corrected chi connectivity index (χ4v) is 3.85. The van der Waals surface area contributed by atoms with Crippen LogP contribution in [-0.4, -0.2) is 34.7 Å². The second-order valence-electron chi connectivity index (χ2n) is 8.81. The summed E-state index contributed by atoms with van der Waals surface area (Å²) < 4.78 is 19.9. The molecule has 0 saturated carbocycles. The molecule has 0 bridgehead atoms. The number of hydrogen-bond acceptors (Lipinski definition) is 5. The molecule has 0 fully saturated rings. The number of ether oxygens (including phenoxy) is 1. The highest BCUT2D eigenvalue weighted by atomic mass is 19.1. The second-order valence-corrected chi connectivity index (χ2v) is 8.81. The number of carbonyl (C=O) groups is 2. The van der Waals surface area contributed by atoms with Crippen LogP contribution in [0.1, 0.15) is 33.5 Å². The van der Waals surface area contributed by atoms with E-state index in [1.54, 1.807) is 54.9 Å². The van der Waals surface area contributed by atoms with Gasteiger partial charge in [-0.2, -0.15) is 0 Å². The Bertz CT molecular complexity index is 1380. The van der Waals surface area contributed by atoms with E-state index in [0.717, 1.165) is 11.1 Å². The van der Waals surface area contributed by atoms with Crippen molar-refractivity contribution in [3.05, 3.63) is 101 Å². The van der Waals surface area contributed by atoms with Crippen molar-refractivity contribution in [2.75, 3.05) is 13.1 Å². The number of hydrogen-bond donors (Lipinski definition) is 3. The van der Waals surface area contributed by atoms with Crippen molar-refractivity contribution < 1.29 is 18.7 Å². The van der Waals surface area contributed by atoms with Crippen molar-refractivity contribution in [2.24, 2.45) is 5.73 Å². The third-order valence-electron chi connectivity index (χ3n) is 5.77. The normalized spacial score (nSPS) is 10.8. The molecule has 0 saturated heterocycles. The number of rotatable bonds is 11. The zero-order valence-corrected chi connectivity index (χ0v) is 20.6. The summed E-state index contributed by atoms with van der Waals surface area (Å²) in [4.78, 5) is 32.1. The Morgan fingerprint density at radius 1 is 1.03 bits per heavy atom. The smallest absolute Gasteiger partial charge is 0.252 e. The molecule has 4 aromatic rings. The van der Waals surface area contributed by atoms with E-state index in [4.69, 9.17) is 10.5 Å². The standard InChI is InChI=1S/C29H29FN4O3/c1-19-3-8-26(30)21(13-19)15-23(35)14-20-4-6-24(7-5-20)37-25-9-12-32-28(17-25)27-16-22(18-34-27)29(36)33-11-2-10-31/h3-9,12-13,16-18,34H,2,10-11,14-15,31H2,1H3,(H,33,36). The van der Waals surface area contributed by atoms with Gasteiger partial charge in [-0.25, -0.2) is 4.39 Å². The van der Waals surface area contributed by atoms with Gasteiger partial charge in [0.2, 0.25) is 0 Å². The molecule has 0 atom stereocenters. The molecular formula is C29H29FN4O3. The fraction of sp³-hybridized carbons (Fsp3) is 0.207. The zero-order valence-electron chi connectivity index (χ0n) is 20.6. The van der Waals surface area contributed by atoms with Crippen molar-refractivity contribution in [2.45, 2.75) is 26.2 Å². The molecule has 0 aliphatic heterocycles. The van der Waals surface area contributed by atoms with E-state index in [9.17, 15) is 14.0 Å². The number of nitrogens with two attached hydrogens (primary N) is 1. The van der Waals surface area contributed by atoms with E-state index in [-0.39, 0.29) is 30.3 Å². The zero-order chi connectivity index (χ0) is 26.2. The lowest BCUT2D eigenvalue weighted by atomic mass is 10.0. The maximum absolute atomic E-state index is 14.0. The first-order valence-electron chi connectivity index (χ1n) is 12.1. The molecule has 2 heterocycles. The van der Waals surface area contributed by atoms with Crippen LogP contribution in [0.2, 0.25) is 0 Å². The lowest BCUT2D eigenvalue weighted by molar-refractivity contribution is -0.117. The molecular weight excluding hydrogens is 471 g/mol. The van der Waals surface area contributed by atoms with E-state index < -0.39 is 0 Å². The largest absolute Gasteiger partial charge is 0.457 e. The molecule has 0 unspecified atom stereocenters. The first-order chi connectivity index (χ1) is 17.9. The minimum atomic E-state index is -0.360. The van der Waals surface area contributed by atoms with E-state index in [1.165, 1.54) is 6.07 Å². The maximum Gasteiger partial charge on any atom is 0.252 e. The molecule has 0 aliphatic carbocycles. The number of Topliss-reactive ketones (excluding diaryl/α,β-unsaturated/α-hetero) is 1. The Morgan fingerprint density at radius 2 is 1.84 bits per heavy atom. The molecule has 0 radical (unpaired) electrons. The number of aryl methyl sites for hydroxylation is 1. The molecule has 4 N–H and O–H groups in total. The number of carbonyl (C=O) groups excluding carboxylic acids is 2. The Kier molecular flexibility index (Phi) is 8.43. The highest BCUT2D eigenvalue weighted by molar-refractivity contribution is 5.95. The summed E-state index contributed by atoms with van der Waals surface area (Å²) in [5, 5.41) is 2.82. The van der Waals surface area contributed by atoms with Crippen LogP contribution in [0.25, 0.3) is 11.4 Å². The molecule has 7 nitrogen and oxygen atoms in total. The minimum Gasteiger partial charge on any atom is -0.457 e. The van der Waals surface area contributed by atoms with Crippen molar-refractivity contribution >= 4 is 11.7 Å². The molecule has 8 heteroatoms. The monoisotopic (exact) mass is 500 g/mol. The molecule has 2 aromatic heterocycles. The predicted molar refractivity (Wildman–Crippen MR) is 140 cm³/mol. The summed E-state index contributed by atoms with van der Waals surface area (Å²) in [5.41, 5.74) is 9.45. The Labute approximate surface area is 214 Å². The lowest BCUT2D eigenvalue weighted by Crippen LogP contribution is -2.25. The van der Waals surface area contributed by atoms with E-state index in [2.05, 4.69) is 15.3 Å². The van der Waals surface area contributed by atoms with Crippen LogP contribution in [0.15, 0.2) is 73.1 Å². The van der Waals surface area contributed by atoms with Crippen LogP contribution in [0, 0.1) is 12.7 Å². The second kappa shape index (κ2) is 12.1. The highest BCUT2D eigenvalue weighted by Gasteiger charge is 2.12. The van der Waals surface area contributed by atoms with Crippen LogP contribution in [0.3, 0.4) is 0 Å². The van der Waals surface area contributed by atoms with Crippen LogP contribution in [0.5, 0.6) is 11.5 Å². The lowest BCUT2D eigenvalue weighted by Gasteiger charge is -2.08. The highest BCUT2D eigenvalue weighted by Crippen LogP contribution is 2.26. The topological polar surface area (TPSA) is 110 Å². The Balaban J connectivity index is 1.36. The number of pyridine rings is 1. The predicted octanol–water partition coefficient (Wildman–Crippen LogP) is 4.75. The van der Waals surface area contributed by atoms with Crippen molar-refractivity contribution in [3.8, 4) is 22.9 Å².